The van der Waals surface area contributed by atoms with Gasteiger partial charge in [0.15, 0.2) is 0 Å². The zero-order valence-corrected chi connectivity index (χ0v) is 30.2. The largest absolute Gasteiger partial charge is 0.564 e. The zero-order chi connectivity index (χ0) is 35.3. The minimum atomic E-state index is -3.92. The number of para-hydroxylation sites is 4. The molecule has 12 heteroatoms. The van der Waals surface area contributed by atoms with Crippen LogP contribution in [0.1, 0.15) is 77.0 Å². The Hall–Kier alpha value is -4.52. The molecule has 0 fully saturated rings. The molecule has 0 saturated heterocycles. The fraction of sp³-hybridized carbons (Fsp3) is 0.316. The van der Waals surface area contributed by atoms with Crippen molar-refractivity contribution in [3.05, 3.63) is 121 Å². The highest BCUT2D eigenvalue weighted by atomic mass is 31.2. The lowest BCUT2D eigenvalue weighted by molar-refractivity contribution is 0.386. The van der Waals surface area contributed by atoms with Crippen LogP contribution in [0.15, 0.2) is 131 Å². The summed E-state index contributed by atoms with van der Waals surface area (Å²) in [5, 5.41) is 0. The second-order valence-corrected chi connectivity index (χ2v) is 14.8. The summed E-state index contributed by atoms with van der Waals surface area (Å²) >= 11 is 0. The number of hydrogen-bond donors (Lipinski definition) is 2. The van der Waals surface area contributed by atoms with Crippen LogP contribution < -0.4 is 29.6 Å². The summed E-state index contributed by atoms with van der Waals surface area (Å²) in [5.74, 6) is 2.08. The Bertz CT molecular complexity index is 1480. The summed E-state index contributed by atoms with van der Waals surface area (Å²) < 4.78 is 58.2. The summed E-state index contributed by atoms with van der Waals surface area (Å²) in [5.41, 5.74) is 12.3. The molecule has 50 heavy (non-hydrogen) atoms. The molecule has 0 unspecified atom stereocenters. The molecule has 0 amide bonds. The topological polar surface area (TPSA) is 148 Å². The van der Waals surface area contributed by atoms with Gasteiger partial charge in [0.25, 0.3) is 0 Å². The summed E-state index contributed by atoms with van der Waals surface area (Å²) in [4.78, 5) is 0. The lowest BCUT2D eigenvalue weighted by Crippen LogP contribution is -2.13. The van der Waals surface area contributed by atoms with E-state index < -0.39 is 15.5 Å². The van der Waals surface area contributed by atoms with E-state index in [-0.39, 0.29) is 11.7 Å². The average Bonchev–Trinajstić information content (AvgIpc) is 3.10. The second kappa shape index (κ2) is 20.9. The Morgan fingerprint density at radius 2 is 0.620 bits per heavy atom. The minimum absolute atomic E-state index is 0.251. The van der Waals surface area contributed by atoms with E-state index in [1.54, 1.807) is 97.1 Å². The van der Waals surface area contributed by atoms with E-state index in [9.17, 15) is 9.13 Å². The van der Waals surface area contributed by atoms with Crippen LogP contribution >= 0.6 is 15.5 Å². The van der Waals surface area contributed by atoms with Crippen molar-refractivity contribution < 1.29 is 27.2 Å². The van der Waals surface area contributed by atoms with Gasteiger partial charge in [-0.1, -0.05) is 124 Å². The highest BCUT2D eigenvalue weighted by Crippen LogP contribution is 2.51. The van der Waals surface area contributed by atoms with Gasteiger partial charge < -0.3 is 29.6 Å². The van der Waals surface area contributed by atoms with Gasteiger partial charge in [-0.25, -0.2) is 9.13 Å². The molecule has 0 radical (unpaired) electrons. The summed E-state index contributed by atoms with van der Waals surface area (Å²) in [6.45, 7) is 0. The second-order valence-electron chi connectivity index (χ2n) is 11.8. The van der Waals surface area contributed by atoms with Crippen molar-refractivity contribution >= 4 is 27.2 Å². The molecule has 0 spiro atoms. The van der Waals surface area contributed by atoms with Crippen LogP contribution in [0.3, 0.4) is 0 Å². The Morgan fingerprint density at radius 1 is 0.400 bits per heavy atom. The van der Waals surface area contributed by atoms with Crippen molar-refractivity contribution in [3.8, 4) is 23.0 Å². The molecule has 4 aromatic rings. The first-order valence-corrected chi connectivity index (χ1v) is 20.2. The van der Waals surface area contributed by atoms with Crippen molar-refractivity contribution in [3.63, 3.8) is 0 Å². The van der Waals surface area contributed by atoms with E-state index in [0.29, 0.717) is 35.8 Å². The van der Waals surface area contributed by atoms with E-state index in [4.69, 9.17) is 29.6 Å². The Kier molecular flexibility index (Phi) is 16.0. The van der Waals surface area contributed by atoms with E-state index in [2.05, 4.69) is 9.53 Å². The van der Waals surface area contributed by atoms with E-state index in [1.165, 1.54) is 0 Å². The Labute approximate surface area is 296 Å². The number of nitrogens with zero attached hydrogens (tertiary/aromatic N) is 2. The molecule has 10 nitrogen and oxygen atoms in total. The van der Waals surface area contributed by atoms with Gasteiger partial charge in [-0.05, 0) is 61.4 Å². The van der Waals surface area contributed by atoms with Crippen LogP contribution in [-0.2, 0) is 9.13 Å². The number of benzene rings is 4. The van der Waals surface area contributed by atoms with Gasteiger partial charge in [0, 0.05) is 12.8 Å². The van der Waals surface area contributed by atoms with Crippen molar-refractivity contribution in [2.75, 3.05) is 0 Å². The van der Waals surface area contributed by atoms with Crippen LogP contribution in [-0.4, -0.2) is 11.7 Å². The first-order valence-electron chi connectivity index (χ1n) is 17.2. The third kappa shape index (κ3) is 14.9. The predicted octanol–water partition coefficient (Wildman–Crippen LogP) is 10.9. The maximum absolute atomic E-state index is 13.5. The van der Waals surface area contributed by atoms with Gasteiger partial charge in [-0.2, -0.15) is 0 Å². The van der Waals surface area contributed by atoms with E-state index in [0.717, 1.165) is 64.2 Å². The third-order valence-corrected chi connectivity index (χ3v) is 10.2. The van der Waals surface area contributed by atoms with E-state index in [1.807, 2.05) is 24.3 Å². The average molecular weight is 719 g/mol. The van der Waals surface area contributed by atoms with Crippen molar-refractivity contribution in [2.45, 2.75) is 77.0 Å². The molecule has 4 rings (SSSR count). The highest BCUT2D eigenvalue weighted by Gasteiger charge is 2.30. The molecule has 0 bridgehead atoms. The van der Waals surface area contributed by atoms with Gasteiger partial charge in [0.1, 0.15) is 34.7 Å². The Balaban J connectivity index is 1.10. The highest BCUT2D eigenvalue weighted by molar-refractivity contribution is 7.53. The SMILES string of the molecule is N/C(CCCCCCCCCCCC/C(N)=N\P(=O)(Oc1ccccc1)Oc1ccccc1)=N\P(=O)(Oc1ccccc1)Oc1ccccc1. The first-order chi connectivity index (χ1) is 24.3. The number of nitrogens with two attached hydrogens (primary N) is 2. The summed E-state index contributed by atoms with van der Waals surface area (Å²) in [7, 11) is -7.84. The maximum atomic E-state index is 13.5. The zero-order valence-electron chi connectivity index (χ0n) is 28.4. The quantitative estimate of drug-likeness (QED) is 0.0333. The predicted molar refractivity (Wildman–Crippen MR) is 202 cm³/mol. The van der Waals surface area contributed by atoms with Crippen LogP contribution in [0.5, 0.6) is 23.0 Å². The molecular formula is C38H48N4O6P2. The van der Waals surface area contributed by atoms with Crippen molar-refractivity contribution in [2.24, 2.45) is 21.0 Å². The van der Waals surface area contributed by atoms with Gasteiger partial charge in [0.2, 0.25) is 0 Å². The number of hydrogen-bond acceptors (Lipinski definition) is 6. The fourth-order valence-electron chi connectivity index (χ4n) is 5.02. The monoisotopic (exact) mass is 718 g/mol. The normalized spacial score (nSPS) is 12.3. The van der Waals surface area contributed by atoms with Gasteiger partial charge in [-0.3, -0.25) is 0 Å². The van der Waals surface area contributed by atoms with Gasteiger partial charge >= 0.3 is 15.5 Å². The molecule has 0 aliphatic heterocycles. The Morgan fingerprint density at radius 3 is 0.860 bits per heavy atom. The first kappa shape index (κ1) is 38.3. The molecule has 266 valence electrons. The van der Waals surface area contributed by atoms with Crippen LogP contribution in [0.25, 0.3) is 0 Å². The molecular weight excluding hydrogens is 670 g/mol. The van der Waals surface area contributed by atoms with Gasteiger partial charge in [-0.15, -0.1) is 9.53 Å². The molecule has 0 aliphatic carbocycles. The number of rotatable bonds is 23. The van der Waals surface area contributed by atoms with E-state index >= 15 is 0 Å². The molecule has 0 saturated carbocycles. The van der Waals surface area contributed by atoms with Crippen LogP contribution in [0.4, 0.5) is 0 Å². The summed E-state index contributed by atoms with van der Waals surface area (Å²) in [6, 6.07) is 35.3. The molecule has 0 atom stereocenters. The van der Waals surface area contributed by atoms with Crippen molar-refractivity contribution in [1.29, 1.82) is 0 Å². The maximum Gasteiger partial charge on any atom is 0.564 e. The lowest BCUT2D eigenvalue weighted by Gasteiger charge is -2.16. The number of unbranched alkanes of at least 4 members (excludes halogenated alkanes) is 9. The van der Waals surface area contributed by atoms with Gasteiger partial charge in [0.05, 0.1) is 0 Å². The third-order valence-electron chi connectivity index (χ3n) is 7.47. The summed E-state index contributed by atoms with van der Waals surface area (Å²) in [6.07, 6.45) is 11.5. The molecule has 4 aromatic carbocycles. The molecule has 0 heterocycles. The number of amidine groups is 2. The fourth-order valence-corrected chi connectivity index (χ4v) is 7.64. The standard InChI is InChI=1S/C38H48N4O6P2/c39-37(41-49(43,45-33-23-13-9-14-24-33)46-34-25-15-10-16-26-34)31-21-7-5-3-1-2-4-6-8-22-32-38(40)42-50(44,47-35-27-17-11-18-28-35)48-36-29-19-12-20-30-36/h9-20,23-30H,1-8,21-22,31-32H2,(H2,39,41,43)(H2,40,42,44). The lowest BCUT2D eigenvalue weighted by atomic mass is 10.0. The van der Waals surface area contributed by atoms with Crippen LogP contribution in [0, 0.1) is 0 Å². The molecule has 4 N–H and O–H groups in total. The smallest absolute Gasteiger partial charge is 0.399 e. The molecule has 0 aromatic heterocycles. The van der Waals surface area contributed by atoms with Crippen molar-refractivity contribution in [1.82, 2.24) is 0 Å². The minimum Gasteiger partial charge on any atom is -0.399 e. The van der Waals surface area contributed by atoms with Crippen LogP contribution in [0.2, 0.25) is 0 Å². The molecule has 0 aliphatic rings.